The predicted octanol–water partition coefficient (Wildman–Crippen LogP) is 6.50. The van der Waals surface area contributed by atoms with Crippen LogP contribution in [0.1, 0.15) is 95.4 Å². The lowest BCUT2D eigenvalue weighted by molar-refractivity contribution is 0.0981. The summed E-state index contributed by atoms with van der Waals surface area (Å²) < 4.78 is 29.7. The van der Waals surface area contributed by atoms with Crippen LogP contribution in [-0.2, 0) is 15.4 Å². The molecule has 9 heteroatoms. The summed E-state index contributed by atoms with van der Waals surface area (Å²) in [6.07, 6.45) is 2.78. The van der Waals surface area contributed by atoms with Crippen LogP contribution >= 0.6 is 0 Å². The van der Waals surface area contributed by atoms with Crippen LogP contribution in [0.25, 0.3) is 0 Å². The summed E-state index contributed by atoms with van der Waals surface area (Å²) in [6.45, 7) is 16.4. The number of benzene rings is 1. The first-order valence-corrected chi connectivity index (χ1v) is 16.8. The molecule has 1 saturated heterocycles. The zero-order valence-electron chi connectivity index (χ0n) is 26.5. The Bertz CT molecular complexity index is 1580. The first-order chi connectivity index (χ1) is 20.2. The molecule has 8 nitrogen and oxygen atoms in total. The fraction of sp³-hybridized carbons (Fsp3) is 0.500. The lowest BCUT2D eigenvalue weighted by Crippen LogP contribution is -2.41. The molecule has 4 heterocycles. The zero-order valence-corrected chi connectivity index (χ0v) is 27.3. The van der Waals surface area contributed by atoms with Gasteiger partial charge < -0.3 is 9.80 Å². The van der Waals surface area contributed by atoms with Crippen molar-refractivity contribution in [2.24, 2.45) is 11.8 Å². The highest BCUT2D eigenvalue weighted by Crippen LogP contribution is 2.42. The molecule has 43 heavy (non-hydrogen) atoms. The third-order valence-corrected chi connectivity index (χ3v) is 9.81. The Morgan fingerprint density at radius 3 is 2.37 bits per heavy atom. The molecule has 2 aromatic heterocycles. The van der Waals surface area contributed by atoms with E-state index in [9.17, 15) is 13.2 Å². The smallest absolute Gasteiger partial charge is 0.281 e. The third-order valence-electron chi connectivity index (χ3n) is 8.58. The monoisotopic (exact) mass is 603 g/mol. The molecule has 0 aliphatic carbocycles. The summed E-state index contributed by atoms with van der Waals surface area (Å²) in [4.78, 5) is 27.9. The van der Waals surface area contributed by atoms with Crippen LogP contribution in [-0.4, -0.2) is 42.9 Å². The average Bonchev–Trinajstić information content (AvgIpc) is 3.25. The number of nitrogens with one attached hydrogen (secondary N) is 1. The molecule has 0 unspecified atom stereocenters. The molecule has 2 aliphatic heterocycles. The largest absolute Gasteiger partial charge is 0.351 e. The standard InChI is InChI=1S/C34H45N5O3S/c1-23(2)21-38-27(25-12-9-8-10-13-25)18-16-24-20-34(6,7)39(22-24)31-26(17-19-28(35-31)33(3,4)5)32(40)37-43(41,42)30-15-11-14-29(38)36-30/h8-15,17,19,23-24,27H,16,18,20-22H2,1-7H3,(H,37,40)/t24-,27-/m0/s1. The number of sulfonamides is 1. The summed E-state index contributed by atoms with van der Waals surface area (Å²) in [5.41, 5.74) is 1.75. The fourth-order valence-electron chi connectivity index (χ4n) is 6.49. The van der Waals surface area contributed by atoms with Gasteiger partial charge >= 0.3 is 0 Å². The normalized spacial score (nSPS) is 22.0. The van der Waals surface area contributed by atoms with Gasteiger partial charge in [-0.2, -0.15) is 8.42 Å². The first-order valence-electron chi connectivity index (χ1n) is 15.3. The SMILES string of the molecule is CC(C)CN1c2cccc(n2)S(=O)(=O)NC(=O)c2ccc(C(C)(C)C)nc2N2C[C@@H](CC[C@H]1c1ccccc1)CC2(C)C. The number of anilines is 2. The van der Waals surface area contributed by atoms with Gasteiger partial charge in [-0.1, -0.05) is 71.0 Å². The van der Waals surface area contributed by atoms with E-state index in [1.807, 2.05) is 18.2 Å². The Hall–Kier alpha value is -3.46. The molecule has 2 atom stereocenters. The van der Waals surface area contributed by atoms with E-state index in [0.717, 1.165) is 31.5 Å². The van der Waals surface area contributed by atoms with Gasteiger partial charge in [0.2, 0.25) is 0 Å². The van der Waals surface area contributed by atoms with Crippen molar-refractivity contribution in [1.82, 2.24) is 14.7 Å². The van der Waals surface area contributed by atoms with Crippen LogP contribution < -0.4 is 14.5 Å². The van der Waals surface area contributed by atoms with Gasteiger partial charge in [-0.05, 0) is 74.8 Å². The molecular weight excluding hydrogens is 558 g/mol. The highest BCUT2D eigenvalue weighted by Gasteiger charge is 2.42. The molecule has 2 aliphatic rings. The lowest BCUT2D eigenvalue weighted by Gasteiger charge is -2.35. The summed E-state index contributed by atoms with van der Waals surface area (Å²) in [6, 6.07) is 19.0. The number of pyridine rings is 2. The van der Waals surface area contributed by atoms with Gasteiger partial charge in [0.25, 0.3) is 15.9 Å². The Morgan fingerprint density at radius 1 is 0.977 bits per heavy atom. The number of carbonyl (C=O) groups excluding carboxylic acids is 1. The topological polar surface area (TPSA) is 95.5 Å². The van der Waals surface area contributed by atoms with E-state index in [1.54, 1.807) is 12.1 Å². The van der Waals surface area contributed by atoms with Crippen LogP contribution in [0.3, 0.4) is 0 Å². The Kier molecular flexibility index (Phi) is 8.33. The summed E-state index contributed by atoms with van der Waals surface area (Å²) in [7, 11) is -4.27. The number of hydrogen-bond acceptors (Lipinski definition) is 7. The molecule has 1 fully saturated rings. The maximum absolute atomic E-state index is 13.8. The van der Waals surface area contributed by atoms with Crippen molar-refractivity contribution in [3.05, 3.63) is 77.5 Å². The summed E-state index contributed by atoms with van der Waals surface area (Å²) in [5, 5.41) is -0.184. The highest BCUT2D eigenvalue weighted by atomic mass is 32.2. The molecule has 5 rings (SSSR count). The van der Waals surface area contributed by atoms with Crippen LogP contribution in [0, 0.1) is 11.8 Å². The summed E-state index contributed by atoms with van der Waals surface area (Å²) in [5.74, 6) is 1.09. The lowest BCUT2D eigenvalue weighted by atomic mass is 9.89. The van der Waals surface area contributed by atoms with E-state index < -0.39 is 15.9 Å². The van der Waals surface area contributed by atoms with Gasteiger partial charge in [-0.25, -0.2) is 14.7 Å². The second kappa shape index (κ2) is 11.6. The van der Waals surface area contributed by atoms with E-state index in [-0.39, 0.29) is 27.6 Å². The van der Waals surface area contributed by atoms with Crippen molar-refractivity contribution in [2.75, 3.05) is 22.9 Å². The summed E-state index contributed by atoms with van der Waals surface area (Å²) >= 11 is 0. The molecule has 4 bridgehead atoms. The number of amides is 1. The van der Waals surface area contributed by atoms with Crippen molar-refractivity contribution in [1.29, 1.82) is 0 Å². The van der Waals surface area contributed by atoms with E-state index >= 15 is 0 Å². The molecule has 1 aromatic carbocycles. The molecule has 0 spiro atoms. The quantitative estimate of drug-likeness (QED) is 0.365. The number of nitrogens with zero attached hydrogens (tertiary/aromatic N) is 4. The molecule has 3 aromatic rings. The Morgan fingerprint density at radius 2 is 1.70 bits per heavy atom. The van der Waals surface area contributed by atoms with Crippen molar-refractivity contribution >= 4 is 27.6 Å². The maximum atomic E-state index is 13.8. The van der Waals surface area contributed by atoms with E-state index in [2.05, 4.69) is 92.2 Å². The average molecular weight is 604 g/mol. The van der Waals surface area contributed by atoms with Gasteiger partial charge in [0, 0.05) is 29.7 Å². The highest BCUT2D eigenvalue weighted by molar-refractivity contribution is 7.90. The first kappa shape index (κ1) is 31.0. The number of rotatable bonds is 3. The Labute approximate surface area is 257 Å². The predicted molar refractivity (Wildman–Crippen MR) is 172 cm³/mol. The van der Waals surface area contributed by atoms with Crippen molar-refractivity contribution in [3.63, 3.8) is 0 Å². The van der Waals surface area contributed by atoms with Crippen molar-refractivity contribution < 1.29 is 13.2 Å². The minimum absolute atomic E-state index is 0.00356. The number of hydrogen-bond donors (Lipinski definition) is 1. The van der Waals surface area contributed by atoms with E-state index in [4.69, 9.17) is 4.98 Å². The van der Waals surface area contributed by atoms with Gasteiger partial charge in [-0.15, -0.1) is 0 Å². The zero-order chi connectivity index (χ0) is 31.2. The van der Waals surface area contributed by atoms with Crippen molar-refractivity contribution in [3.8, 4) is 0 Å². The second-order valence-electron chi connectivity index (χ2n) is 14.1. The minimum Gasteiger partial charge on any atom is -0.351 e. The van der Waals surface area contributed by atoms with Crippen LogP contribution in [0.4, 0.5) is 11.6 Å². The Balaban J connectivity index is 1.68. The number of fused-ring (bicyclic) bond motifs is 6. The fourth-order valence-corrected chi connectivity index (χ4v) is 7.42. The number of carbonyl (C=O) groups is 1. The molecule has 0 saturated carbocycles. The van der Waals surface area contributed by atoms with Crippen LogP contribution in [0.5, 0.6) is 0 Å². The van der Waals surface area contributed by atoms with Crippen LogP contribution in [0.2, 0.25) is 0 Å². The van der Waals surface area contributed by atoms with Gasteiger partial charge in [0.1, 0.15) is 11.6 Å². The van der Waals surface area contributed by atoms with Crippen LogP contribution in [0.15, 0.2) is 65.7 Å². The molecule has 0 radical (unpaired) electrons. The van der Waals surface area contributed by atoms with Crippen molar-refractivity contribution in [2.45, 2.75) is 89.8 Å². The van der Waals surface area contributed by atoms with E-state index in [1.165, 1.54) is 11.6 Å². The van der Waals surface area contributed by atoms with Gasteiger partial charge in [-0.3, -0.25) is 4.79 Å². The third kappa shape index (κ3) is 6.56. The second-order valence-corrected chi connectivity index (χ2v) is 15.8. The number of aromatic nitrogens is 2. The molecule has 230 valence electrons. The molecule has 1 amide bonds. The molecular formula is C34H45N5O3S. The van der Waals surface area contributed by atoms with E-state index in [0.29, 0.717) is 30.0 Å². The van der Waals surface area contributed by atoms with Gasteiger partial charge in [0.05, 0.1) is 11.6 Å². The minimum atomic E-state index is -4.27. The molecule has 1 N–H and O–H groups in total. The maximum Gasteiger partial charge on any atom is 0.281 e. The van der Waals surface area contributed by atoms with Gasteiger partial charge in [0.15, 0.2) is 5.03 Å².